The van der Waals surface area contributed by atoms with Crippen molar-refractivity contribution in [3.8, 4) is 0 Å². The summed E-state index contributed by atoms with van der Waals surface area (Å²) >= 11 is 0. The lowest BCUT2D eigenvalue weighted by Crippen LogP contribution is -2.50. The van der Waals surface area contributed by atoms with Crippen LogP contribution in [0.2, 0.25) is 0 Å². The Morgan fingerprint density at radius 3 is 2.06 bits per heavy atom. The zero-order valence-corrected chi connectivity index (χ0v) is 20.9. The van der Waals surface area contributed by atoms with E-state index in [-0.39, 0.29) is 29.8 Å². The highest BCUT2D eigenvalue weighted by molar-refractivity contribution is 7.89. The van der Waals surface area contributed by atoms with E-state index in [1.165, 1.54) is 4.31 Å². The quantitative estimate of drug-likeness (QED) is 0.584. The zero-order chi connectivity index (χ0) is 25.2. The van der Waals surface area contributed by atoms with Crippen LogP contribution in [-0.4, -0.2) is 55.6 Å². The molecule has 0 saturated carbocycles. The molecule has 0 aliphatic carbocycles. The summed E-state index contributed by atoms with van der Waals surface area (Å²) in [6.07, 6.45) is 0. The van der Waals surface area contributed by atoms with E-state index in [1.54, 1.807) is 59.5 Å². The average Bonchev–Trinajstić information content (AvgIpc) is 2.87. The Morgan fingerprint density at radius 1 is 0.743 bits per heavy atom. The van der Waals surface area contributed by atoms with Gasteiger partial charge in [0.15, 0.2) is 0 Å². The second-order valence-electron chi connectivity index (χ2n) is 8.79. The maximum absolute atomic E-state index is 13.2. The van der Waals surface area contributed by atoms with Crippen LogP contribution in [0.15, 0.2) is 71.6 Å². The number of nitrogens with one attached hydrogen (secondary N) is 1. The summed E-state index contributed by atoms with van der Waals surface area (Å²) in [5, 5.41) is 2.88. The van der Waals surface area contributed by atoms with E-state index in [0.717, 1.165) is 16.7 Å². The molecule has 1 heterocycles. The van der Waals surface area contributed by atoms with Crippen LogP contribution in [0.3, 0.4) is 0 Å². The Balaban J connectivity index is 1.44. The molecule has 1 aliphatic heterocycles. The van der Waals surface area contributed by atoms with Gasteiger partial charge in [-0.2, -0.15) is 4.31 Å². The van der Waals surface area contributed by atoms with Gasteiger partial charge in [-0.3, -0.25) is 9.59 Å². The molecule has 35 heavy (non-hydrogen) atoms. The Labute approximate surface area is 206 Å². The van der Waals surface area contributed by atoms with Crippen molar-refractivity contribution in [3.63, 3.8) is 0 Å². The zero-order valence-electron chi connectivity index (χ0n) is 20.1. The van der Waals surface area contributed by atoms with Gasteiger partial charge in [-0.1, -0.05) is 30.3 Å². The van der Waals surface area contributed by atoms with Crippen molar-refractivity contribution in [1.82, 2.24) is 9.21 Å². The minimum atomic E-state index is -3.62. The lowest BCUT2D eigenvalue weighted by Gasteiger charge is -2.34. The summed E-state index contributed by atoms with van der Waals surface area (Å²) in [6.45, 7) is 6.74. The molecule has 1 N–H and O–H groups in total. The van der Waals surface area contributed by atoms with Crippen LogP contribution in [0.4, 0.5) is 5.69 Å². The molecule has 0 unspecified atom stereocenters. The maximum Gasteiger partial charge on any atom is 0.255 e. The first-order chi connectivity index (χ1) is 16.7. The van der Waals surface area contributed by atoms with Crippen LogP contribution >= 0.6 is 0 Å². The summed E-state index contributed by atoms with van der Waals surface area (Å²) in [5.74, 6) is -0.438. The van der Waals surface area contributed by atoms with Gasteiger partial charge in [0, 0.05) is 43.0 Å². The van der Waals surface area contributed by atoms with Crippen LogP contribution < -0.4 is 5.32 Å². The number of amides is 2. The number of anilines is 1. The number of hydrogen-bond donors (Lipinski definition) is 1. The molecule has 0 aromatic heterocycles. The number of nitrogens with zero attached hydrogens (tertiary/aromatic N) is 2. The Morgan fingerprint density at radius 2 is 1.40 bits per heavy atom. The lowest BCUT2D eigenvalue weighted by molar-refractivity contribution is 0.0697. The van der Waals surface area contributed by atoms with Gasteiger partial charge in [-0.15, -0.1) is 0 Å². The molecule has 0 bridgehead atoms. The molecule has 182 valence electrons. The largest absolute Gasteiger partial charge is 0.336 e. The average molecular weight is 492 g/mol. The number of rotatable bonds is 5. The fraction of sp³-hybridized carbons (Fsp3) is 0.259. The second-order valence-corrected chi connectivity index (χ2v) is 10.7. The summed E-state index contributed by atoms with van der Waals surface area (Å²) in [6, 6.07) is 19.2. The van der Waals surface area contributed by atoms with Crippen molar-refractivity contribution < 1.29 is 18.0 Å². The SMILES string of the molecule is Cc1ccc(S(=O)(=O)N2CCN(C(=O)c3ccc(C)c(NC(=O)c4ccccc4)c3)CC2)cc1C. The molecule has 1 fully saturated rings. The third-order valence-corrected chi connectivity index (χ3v) is 8.31. The minimum Gasteiger partial charge on any atom is -0.336 e. The van der Waals surface area contributed by atoms with Crippen LogP contribution in [-0.2, 0) is 10.0 Å². The van der Waals surface area contributed by atoms with Crippen molar-refractivity contribution in [3.05, 3.63) is 94.5 Å². The van der Waals surface area contributed by atoms with Crippen molar-refractivity contribution in [2.45, 2.75) is 25.7 Å². The van der Waals surface area contributed by atoms with Crippen LogP contribution in [0, 0.1) is 20.8 Å². The van der Waals surface area contributed by atoms with E-state index in [1.807, 2.05) is 32.9 Å². The van der Waals surface area contributed by atoms with Gasteiger partial charge in [-0.25, -0.2) is 8.42 Å². The molecule has 1 aliphatic rings. The van der Waals surface area contributed by atoms with E-state index in [2.05, 4.69) is 5.32 Å². The molecule has 0 atom stereocenters. The molecule has 1 saturated heterocycles. The molecule has 4 rings (SSSR count). The van der Waals surface area contributed by atoms with Crippen LogP contribution in [0.1, 0.15) is 37.4 Å². The molecular formula is C27H29N3O4S. The van der Waals surface area contributed by atoms with Crippen molar-refractivity contribution in [2.24, 2.45) is 0 Å². The normalized spacial score (nSPS) is 14.5. The highest BCUT2D eigenvalue weighted by Gasteiger charge is 2.30. The number of benzene rings is 3. The Bertz CT molecular complexity index is 1360. The summed E-state index contributed by atoms with van der Waals surface area (Å²) < 4.78 is 27.6. The topological polar surface area (TPSA) is 86.8 Å². The third-order valence-electron chi connectivity index (χ3n) is 6.41. The van der Waals surface area contributed by atoms with Crippen molar-refractivity contribution in [2.75, 3.05) is 31.5 Å². The second kappa shape index (κ2) is 10.0. The molecule has 7 nitrogen and oxygen atoms in total. The molecule has 3 aromatic carbocycles. The van der Waals surface area contributed by atoms with Crippen LogP contribution in [0.5, 0.6) is 0 Å². The predicted octanol–water partition coefficient (Wildman–Crippen LogP) is 4.01. The third kappa shape index (κ3) is 5.28. The minimum absolute atomic E-state index is 0.191. The smallest absolute Gasteiger partial charge is 0.255 e. The first-order valence-corrected chi connectivity index (χ1v) is 12.9. The number of hydrogen-bond acceptors (Lipinski definition) is 4. The van der Waals surface area contributed by atoms with Crippen LogP contribution in [0.25, 0.3) is 0 Å². The van der Waals surface area contributed by atoms with Gasteiger partial charge in [0.1, 0.15) is 0 Å². The van der Waals surface area contributed by atoms with E-state index in [9.17, 15) is 18.0 Å². The number of piperazine rings is 1. The fourth-order valence-corrected chi connectivity index (χ4v) is 5.52. The van der Waals surface area contributed by atoms with E-state index >= 15 is 0 Å². The summed E-state index contributed by atoms with van der Waals surface area (Å²) in [5.41, 5.74) is 4.36. The monoisotopic (exact) mass is 491 g/mol. The van der Waals surface area contributed by atoms with Gasteiger partial charge in [0.25, 0.3) is 11.8 Å². The lowest BCUT2D eigenvalue weighted by atomic mass is 10.1. The molecule has 3 aromatic rings. The van der Waals surface area contributed by atoms with Crippen molar-refractivity contribution in [1.29, 1.82) is 0 Å². The maximum atomic E-state index is 13.2. The highest BCUT2D eigenvalue weighted by atomic mass is 32.2. The van der Waals surface area contributed by atoms with Gasteiger partial charge in [0.2, 0.25) is 10.0 Å². The predicted molar refractivity (Wildman–Crippen MR) is 136 cm³/mol. The van der Waals surface area contributed by atoms with E-state index < -0.39 is 10.0 Å². The van der Waals surface area contributed by atoms with E-state index in [4.69, 9.17) is 0 Å². The Kier molecular flexibility index (Phi) is 7.05. The molecule has 2 amide bonds. The molecule has 8 heteroatoms. The summed E-state index contributed by atoms with van der Waals surface area (Å²) in [7, 11) is -3.62. The highest BCUT2D eigenvalue weighted by Crippen LogP contribution is 2.23. The van der Waals surface area contributed by atoms with Gasteiger partial charge in [-0.05, 0) is 73.9 Å². The first-order valence-electron chi connectivity index (χ1n) is 11.5. The number of aryl methyl sites for hydroxylation is 3. The first kappa shape index (κ1) is 24.6. The summed E-state index contributed by atoms with van der Waals surface area (Å²) in [4.78, 5) is 27.7. The fourth-order valence-electron chi connectivity index (χ4n) is 4.01. The number of carbonyl (C=O) groups is 2. The molecule has 0 radical (unpaired) electrons. The standard InChI is InChI=1S/C27H29N3O4S/c1-19-10-12-24(17-21(19)3)35(33,34)30-15-13-29(14-16-30)27(32)23-11-9-20(2)25(18-23)28-26(31)22-7-5-4-6-8-22/h4-12,17-18H,13-16H2,1-3H3,(H,28,31). The van der Waals surface area contributed by atoms with Gasteiger partial charge >= 0.3 is 0 Å². The van der Waals surface area contributed by atoms with Gasteiger partial charge in [0.05, 0.1) is 4.90 Å². The Hall–Kier alpha value is -3.49. The molecular weight excluding hydrogens is 462 g/mol. The van der Waals surface area contributed by atoms with Gasteiger partial charge < -0.3 is 10.2 Å². The van der Waals surface area contributed by atoms with Crippen molar-refractivity contribution >= 4 is 27.5 Å². The number of sulfonamides is 1. The number of carbonyl (C=O) groups excluding carboxylic acids is 2. The molecule has 0 spiro atoms. The van der Waals surface area contributed by atoms with E-state index in [0.29, 0.717) is 29.9 Å².